The molecule has 1 atom stereocenters. The van der Waals surface area contributed by atoms with Gasteiger partial charge in [-0.15, -0.1) is 0 Å². The molecule has 0 heterocycles. The number of aliphatic hydroxyl groups excluding tert-OH is 1. The zero-order valence-corrected chi connectivity index (χ0v) is 12.6. The van der Waals surface area contributed by atoms with Crippen molar-refractivity contribution in [1.29, 1.82) is 0 Å². The number of likely N-dealkylation sites (N-methyl/N-ethyl adjacent to an activating group) is 2. The van der Waals surface area contributed by atoms with E-state index in [0.717, 1.165) is 0 Å². The number of amides is 1. The first-order chi connectivity index (χ1) is 9.42. The number of anilines is 1. The van der Waals surface area contributed by atoms with Gasteiger partial charge in [0, 0.05) is 31.4 Å². The van der Waals surface area contributed by atoms with Crippen molar-refractivity contribution in [2.75, 3.05) is 31.6 Å². The Morgan fingerprint density at radius 1 is 1.35 bits per heavy atom. The maximum Gasteiger partial charge on any atom is 0.242 e. The van der Waals surface area contributed by atoms with Crippen LogP contribution in [-0.2, 0) is 4.79 Å². The zero-order valence-electron chi connectivity index (χ0n) is 12.6. The highest BCUT2D eigenvalue weighted by Crippen LogP contribution is 2.28. The topological polar surface area (TPSA) is 43.8 Å². The van der Waals surface area contributed by atoms with Crippen molar-refractivity contribution >= 4 is 11.6 Å². The number of halogens is 1. The highest BCUT2D eigenvalue weighted by molar-refractivity contribution is 5.81. The fourth-order valence-corrected chi connectivity index (χ4v) is 2.24. The SMILES string of the molecule is CCN(CC)C(=O)CN(C)c1cccc(F)c1[C@@H](C)O. The lowest BCUT2D eigenvalue weighted by Gasteiger charge is -2.26. The molecule has 0 aromatic heterocycles. The summed E-state index contributed by atoms with van der Waals surface area (Å²) < 4.78 is 13.8. The normalized spacial score (nSPS) is 12.1. The van der Waals surface area contributed by atoms with Gasteiger partial charge in [-0.25, -0.2) is 4.39 Å². The van der Waals surface area contributed by atoms with Gasteiger partial charge in [0.05, 0.1) is 12.6 Å². The lowest BCUT2D eigenvalue weighted by atomic mass is 10.1. The van der Waals surface area contributed by atoms with Crippen molar-refractivity contribution in [3.63, 3.8) is 0 Å². The molecule has 5 heteroatoms. The predicted octanol–water partition coefficient (Wildman–Crippen LogP) is 2.18. The third kappa shape index (κ3) is 3.70. The number of carbonyl (C=O) groups is 1. The van der Waals surface area contributed by atoms with E-state index in [4.69, 9.17) is 0 Å². The molecule has 0 unspecified atom stereocenters. The molecule has 0 aliphatic rings. The largest absolute Gasteiger partial charge is 0.389 e. The van der Waals surface area contributed by atoms with E-state index in [2.05, 4.69) is 0 Å². The molecular weight excluding hydrogens is 259 g/mol. The third-order valence-corrected chi connectivity index (χ3v) is 3.35. The van der Waals surface area contributed by atoms with Crippen LogP contribution in [0.5, 0.6) is 0 Å². The Morgan fingerprint density at radius 3 is 2.45 bits per heavy atom. The highest BCUT2D eigenvalue weighted by atomic mass is 19.1. The molecule has 0 saturated carbocycles. The van der Waals surface area contributed by atoms with E-state index < -0.39 is 11.9 Å². The van der Waals surface area contributed by atoms with Gasteiger partial charge in [-0.3, -0.25) is 4.79 Å². The molecule has 0 aliphatic carbocycles. The summed E-state index contributed by atoms with van der Waals surface area (Å²) in [6.45, 7) is 6.81. The smallest absolute Gasteiger partial charge is 0.242 e. The Kier molecular flexibility index (Phi) is 5.95. The maximum absolute atomic E-state index is 13.8. The summed E-state index contributed by atoms with van der Waals surface area (Å²) in [6, 6.07) is 4.60. The fraction of sp³-hybridized carbons (Fsp3) is 0.533. The van der Waals surface area contributed by atoms with Crippen LogP contribution in [0.2, 0.25) is 0 Å². The molecule has 4 nitrogen and oxygen atoms in total. The molecular formula is C15H23FN2O2. The summed E-state index contributed by atoms with van der Waals surface area (Å²) in [6.07, 6.45) is -0.919. The molecule has 1 aromatic rings. The minimum Gasteiger partial charge on any atom is -0.389 e. The Hall–Kier alpha value is -1.62. The molecule has 0 saturated heterocycles. The monoisotopic (exact) mass is 282 g/mol. The van der Waals surface area contributed by atoms with E-state index in [1.165, 1.54) is 13.0 Å². The summed E-state index contributed by atoms with van der Waals surface area (Å²) in [5.41, 5.74) is 0.767. The lowest BCUT2D eigenvalue weighted by molar-refractivity contribution is -0.129. The molecule has 20 heavy (non-hydrogen) atoms. The average molecular weight is 282 g/mol. The van der Waals surface area contributed by atoms with E-state index in [1.807, 2.05) is 13.8 Å². The van der Waals surface area contributed by atoms with E-state index in [9.17, 15) is 14.3 Å². The minimum atomic E-state index is -0.919. The molecule has 0 bridgehead atoms. The Bertz CT molecular complexity index is 459. The number of carbonyl (C=O) groups excluding carboxylic acids is 1. The van der Waals surface area contributed by atoms with Gasteiger partial charge in [0.15, 0.2) is 0 Å². The van der Waals surface area contributed by atoms with Crippen LogP contribution >= 0.6 is 0 Å². The first-order valence-corrected chi connectivity index (χ1v) is 6.87. The summed E-state index contributed by atoms with van der Waals surface area (Å²) in [7, 11) is 1.72. The van der Waals surface area contributed by atoms with Gasteiger partial charge in [0.2, 0.25) is 5.91 Å². The van der Waals surface area contributed by atoms with Gasteiger partial charge in [-0.2, -0.15) is 0 Å². The molecule has 1 rings (SSSR count). The molecule has 1 N–H and O–H groups in total. The van der Waals surface area contributed by atoms with Crippen LogP contribution in [0.1, 0.15) is 32.4 Å². The van der Waals surface area contributed by atoms with Crippen molar-refractivity contribution in [3.05, 3.63) is 29.6 Å². The predicted molar refractivity (Wildman–Crippen MR) is 78.2 cm³/mol. The molecule has 0 spiro atoms. The van der Waals surface area contributed by atoms with Crippen molar-refractivity contribution < 1.29 is 14.3 Å². The van der Waals surface area contributed by atoms with Crippen LogP contribution in [0.25, 0.3) is 0 Å². The van der Waals surface area contributed by atoms with Crippen LogP contribution in [0.15, 0.2) is 18.2 Å². The number of benzene rings is 1. The molecule has 0 radical (unpaired) electrons. The number of aliphatic hydroxyl groups is 1. The third-order valence-electron chi connectivity index (χ3n) is 3.35. The maximum atomic E-state index is 13.8. The lowest BCUT2D eigenvalue weighted by Crippen LogP contribution is -2.39. The Labute approximate surface area is 119 Å². The number of rotatable bonds is 6. The van der Waals surface area contributed by atoms with Gasteiger partial charge >= 0.3 is 0 Å². The summed E-state index contributed by atoms with van der Waals surface area (Å²) >= 11 is 0. The summed E-state index contributed by atoms with van der Waals surface area (Å²) in [4.78, 5) is 15.5. The first-order valence-electron chi connectivity index (χ1n) is 6.87. The van der Waals surface area contributed by atoms with Crippen molar-refractivity contribution in [2.24, 2.45) is 0 Å². The molecule has 0 fully saturated rings. The number of hydrogen-bond donors (Lipinski definition) is 1. The van der Waals surface area contributed by atoms with E-state index >= 15 is 0 Å². The van der Waals surface area contributed by atoms with Crippen molar-refractivity contribution in [2.45, 2.75) is 26.9 Å². The standard InChI is InChI=1S/C15H23FN2O2/c1-5-18(6-2)14(20)10-17(4)13-9-7-8-12(16)15(13)11(3)19/h7-9,11,19H,5-6,10H2,1-4H3/t11-/m1/s1. The van der Waals surface area contributed by atoms with Crippen molar-refractivity contribution in [1.82, 2.24) is 4.90 Å². The van der Waals surface area contributed by atoms with Crippen LogP contribution < -0.4 is 4.90 Å². The fourth-order valence-electron chi connectivity index (χ4n) is 2.24. The summed E-state index contributed by atoms with van der Waals surface area (Å²) in [5.74, 6) is -0.474. The quantitative estimate of drug-likeness (QED) is 0.870. The minimum absolute atomic E-state index is 0.0155. The Morgan fingerprint density at radius 2 is 1.95 bits per heavy atom. The average Bonchev–Trinajstić information content (AvgIpc) is 2.39. The molecule has 1 aromatic carbocycles. The first kappa shape index (κ1) is 16.4. The molecule has 112 valence electrons. The van der Waals surface area contributed by atoms with E-state index in [1.54, 1.807) is 29.0 Å². The van der Waals surface area contributed by atoms with Crippen LogP contribution in [0, 0.1) is 5.82 Å². The van der Waals surface area contributed by atoms with Gasteiger partial charge in [-0.1, -0.05) is 6.07 Å². The van der Waals surface area contributed by atoms with Crippen LogP contribution in [-0.4, -0.2) is 42.6 Å². The van der Waals surface area contributed by atoms with Crippen LogP contribution in [0.4, 0.5) is 10.1 Å². The van der Waals surface area contributed by atoms with Crippen LogP contribution in [0.3, 0.4) is 0 Å². The highest BCUT2D eigenvalue weighted by Gasteiger charge is 2.19. The second-order valence-corrected chi connectivity index (χ2v) is 4.77. The van der Waals surface area contributed by atoms with Crippen molar-refractivity contribution in [3.8, 4) is 0 Å². The zero-order chi connectivity index (χ0) is 15.3. The molecule has 1 amide bonds. The van der Waals surface area contributed by atoms with Gasteiger partial charge in [-0.05, 0) is 32.9 Å². The van der Waals surface area contributed by atoms with Gasteiger partial charge in [0.25, 0.3) is 0 Å². The molecule has 0 aliphatic heterocycles. The second kappa shape index (κ2) is 7.24. The summed E-state index contributed by atoms with van der Waals surface area (Å²) in [5, 5.41) is 9.71. The van der Waals surface area contributed by atoms with E-state index in [-0.39, 0.29) is 18.0 Å². The Balaban J connectivity index is 2.96. The second-order valence-electron chi connectivity index (χ2n) is 4.77. The number of nitrogens with zero attached hydrogens (tertiary/aromatic N) is 2. The van der Waals surface area contributed by atoms with Gasteiger partial charge < -0.3 is 14.9 Å². The number of hydrogen-bond acceptors (Lipinski definition) is 3. The van der Waals surface area contributed by atoms with Gasteiger partial charge in [0.1, 0.15) is 5.82 Å². The van der Waals surface area contributed by atoms with E-state index in [0.29, 0.717) is 18.8 Å².